The number of fused-ring (bicyclic) bond motifs is 1. The fraction of sp³-hybridized carbons (Fsp3) is 0.545. The lowest BCUT2D eigenvalue weighted by atomic mass is 10.0. The Labute approximate surface area is 105 Å². The summed E-state index contributed by atoms with van der Waals surface area (Å²) in [6.45, 7) is 0.697. The van der Waals surface area contributed by atoms with E-state index in [9.17, 15) is 8.42 Å². The molecule has 0 spiro atoms. The van der Waals surface area contributed by atoms with Gasteiger partial charge in [-0.2, -0.15) is 0 Å². The van der Waals surface area contributed by atoms with E-state index in [1.54, 1.807) is 10.9 Å². The third kappa shape index (κ3) is 2.22. The Kier molecular flexibility index (Phi) is 2.77. The average molecular weight is 266 g/mol. The van der Waals surface area contributed by atoms with E-state index in [0.717, 1.165) is 11.2 Å². The van der Waals surface area contributed by atoms with Crippen molar-refractivity contribution in [2.24, 2.45) is 5.92 Å². The topological polar surface area (TPSA) is 77.7 Å². The van der Waals surface area contributed by atoms with Gasteiger partial charge in [-0.25, -0.2) is 18.1 Å². The second-order valence-corrected chi connectivity index (χ2v) is 7.02. The van der Waals surface area contributed by atoms with Crippen molar-refractivity contribution >= 4 is 21.0 Å². The van der Waals surface area contributed by atoms with Crippen molar-refractivity contribution in [3.63, 3.8) is 0 Å². The third-order valence-electron chi connectivity index (χ3n) is 3.38. The summed E-state index contributed by atoms with van der Waals surface area (Å²) in [6, 6.07) is 3.70. The number of hydrogen-bond donors (Lipinski definition) is 0. The van der Waals surface area contributed by atoms with Crippen LogP contribution in [0.2, 0.25) is 0 Å². The van der Waals surface area contributed by atoms with Gasteiger partial charge in [-0.1, -0.05) is 5.21 Å². The first-order valence-electron chi connectivity index (χ1n) is 5.99. The van der Waals surface area contributed by atoms with Crippen LogP contribution >= 0.6 is 0 Å². The van der Waals surface area contributed by atoms with Gasteiger partial charge in [0.05, 0.1) is 11.5 Å². The molecule has 2 aromatic rings. The summed E-state index contributed by atoms with van der Waals surface area (Å²) in [5.41, 5.74) is 1.55. The monoisotopic (exact) mass is 266 g/mol. The number of rotatable bonds is 2. The van der Waals surface area contributed by atoms with Gasteiger partial charge in [0, 0.05) is 12.7 Å². The molecule has 0 atom stereocenters. The summed E-state index contributed by atoms with van der Waals surface area (Å²) in [5.74, 6) is 0.926. The number of hydrogen-bond acceptors (Lipinski definition) is 5. The molecule has 0 unspecified atom stereocenters. The number of nitrogens with zero attached hydrogens (tertiary/aromatic N) is 4. The van der Waals surface area contributed by atoms with Crippen LogP contribution in [0.3, 0.4) is 0 Å². The van der Waals surface area contributed by atoms with Crippen LogP contribution in [0.4, 0.5) is 0 Å². The minimum Gasteiger partial charge on any atom is -0.235 e. The van der Waals surface area contributed by atoms with Crippen molar-refractivity contribution in [2.45, 2.75) is 19.4 Å². The molecule has 0 N–H and O–H groups in total. The molecule has 96 valence electrons. The van der Waals surface area contributed by atoms with Gasteiger partial charge in [0.15, 0.2) is 5.65 Å². The van der Waals surface area contributed by atoms with E-state index in [1.807, 2.05) is 12.1 Å². The largest absolute Gasteiger partial charge is 0.235 e. The highest BCUT2D eigenvalue weighted by atomic mass is 32.2. The average Bonchev–Trinajstić information content (AvgIpc) is 2.76. The van der Waals surface area contributed by atoms with E-state index in [1.165, 1.54) is 0 Å². The van der Waals surface area contributed by atoms with Gasteiger partial charge in [0.1, 0.15) is 15.4 Å². The lowest BCUT2D eigenvalue weighted by molar-refractivity contribution is 0.384. The molecule has 3 rings (SSSR count). The first-order valence-corrected chi connectivity index (χ1v) is 7.81. The second-order valence-electron chi connectivity index (χ2n) is 4.71. The van der Waals surface area contributed by atoms with Crippen molar-refractivity contribution in [3.8, 4) is 0 Å². The van der Waals surface area contributed by atoms with E-state index in [4.69, 9.17) is 0 Å². The van der Waals surface area contributed by atoms with Gasteiger partial charge >= 0.3 is 0 Å². The summed E-state index contributed by atoms with van der Waals surface area (Å²) < 4.78 is 24.5. The van der Waals surface area contributed by atoms with Crippen LogP contribution in [0.25, 0.3) is 11.2 Å². The standard InChI is InChI=1S/C11H14N4O2S/c16-18(17)6-3-9(4-7-18)8-15-11-10(13-14-15)2-1-5-12-11/h1-2,5,9H,3-4,6-8H2. The molecule has 0 saturated carbocycles. The van der Waals surface area contributed by atoms with E-state index in [2.05, 4.69) is 15.3 Å². The van der Waals surface area contributed by atoms with Crippen LogP contribution in [-0.4, -0.2) is 39.9 Å². The molecule has 0 amide bonds. The summed E-state index contributed by atoms with van der Waals surface area (Å²) in [6.07, 6.45) is 3.13. The molecule has 0 bridgehead atoms. The van der Waals surface area contributed by atoms with Crippen molar-refractivity contribution < 1.29 is 8.42 Å². The lowest BCUT2D eigenvalue weighted by Crippen LogP contribution is -2.26. The van der Waals surface area contributed by atoms with Gasteiger partial charge in [-0.3, -0.25) is 0 Å². The highest BCUT2D eigenvalue weighted by Gasteiger charge is 2.24. The Balaban J connectivity index is 1.77. The van der Waals surface area contributed by atoms with Crippen molar-refractivity contribution in [1.82, 2.24) is 20.0 Å². The maximum atomic E-state index is 11.4. The number of aromatic nitrogens is 4. The normalized spacial score (nSPS) is 20.2. The van der Waals surface area contributed by atoms with E-state index in [-0.39, 0.29) is 11.5 Å². The SMILES string of the molecule is O=S1(=O)CCC(Cn2nnc3cccnc32)CC1. The summed E-state index contributed by atoms with van der Waals surface area (Å²) in [7, 11) is -2.80. The Hall–Kier alpha value is -1.50. The predicted octanol–water partition coefficient (Wildman–Crippen LogP) is 0.651. The molecule has 0 radical (unpaired) electrons. The minimum absolute atomic E-state index is 0.289. The highest BCUT2D eigenvalue weighted by Crippen LogP contribution is 2.21. The zero-order chi connectivity index (χ0) is 12.6. The number of sulfone groups is 1. The van der Waals surface area contributed by atoms with Crippen molar-refractivity contribution in [1.29, 1.82) is 0 Å². The number of pyridine rings is 1. The van der Waals surface area contributed by atoms with Gasteiger partial charge in [-0.15, -0.1) is 5.10 Å². The molecule has 18 heavy (non-hydrogen) atoms. The van der Waals surface area contributed by atoms with Crippen molar-refractivity contribution in [2.75, 3.05) is 11.5 Å². The first kappa shape index (κ1) is 11.6. The van der Waals surface area contributed by atoms with Crippen LogP contribution in [0.15, 0.2) is 18.3 Å². The smallest absolute Gasteiger partial charge is 0.178 e. The van der Waals surface area contributed by atoms with E-state index >= 15 is 0 Å². The molecule has 1 saturated heterocycles. The molecular weight excluding hydrogens is 252 g/mol. The second kappa shape index (κ2) is 4.31. The molecule has 2 aromatic heterocycles. The summed E-state index contributed by atoms with van der Waals surface area (Å²) >= 11 is 0. The summed E-state index contributed by atoms with van der Waals surface area (Å²) in [5, 5.41) is 8.13. The minimum atomic E-state index is -2.80. The molecular formula is C11H14N4O2S. The maximum absolute atomic E-state index is 11.4. The quantitative estimate of drug-likeness (QED) is 0.797. The summed E-state index contributed by atoms with van der Waals surface area (Å²) in [4.78, 5) is 4.25. The zero-order valence-corrected chi connectivity index (χ0v) is 10.7. The van der Waals surface area contributed by atoms with Crippen LogP contribution in [0, 0.1) is 5.92 Å². The van der Waals surface area contributed by atoms with Gasteiger partial charge in [0.2, 0.25) is 0 Å². The molecule has 1 aliphatic heterocycles. The van der Waals surface area contributed by atoms with E-state index in [0.29, 0.717) is 25.3 Å². The Morgan fingerprint density at radius 3 is 2.89 bits per heavy atom. The first-order chi connectivity index (χ1) is 8.64. The molecule has 6 nitrogen and oxygen atoms in total. The maximum Gasteiger partial charge on any atom is 0.178 e. The molecule has 3 heterocycles. The lowest BCUT2D eigenvalue weighted by Gasteiger charge is -2.21. The predicted molar refractivity (Wildman–Crippen MR) is 66.7 cm³/mol. The fourth-order valence-electron chi connectivity index (χ4n) is 2.30. The Bertz CT molecular complexity index is 650. The van der Waals surface area contributed by atoms with Crippen LogP contribution in [-0.2, 0) is 16.4 Å². The highest BCUT2D eigenvalue weighted by molar-refractivity contribution is 7.91. The van der Waals surface area contributed by atoms with Crippen LogP contribution in [0.5, 0.6) is 0 Å². The van der Waals surface area contributed by atoms with Gasteiger partial charge < -0.3 is 0 Å². The van der Waals surface area contributed by atoms with Crippen LogP contribution in [0.1, 0.15) is 12.8 Å². The molecule has 1 fully saturated rings. The molecule has 7 heteroatoms. The zero-order valence-electron chi connectivity index (χ0n) is 9.86. The molecule has 0 aliphatic carbocycles. The Morgan fingerprint density at radius 1 is 1.33 bits per heavy atom. The molecule has 0 aromatic carbocycles. The molecule has 1 aliphatic rings. The van der Waals surface area contributed by atoms with Gasteiger partial charge in [-0.05, 0) is 30.9 Å². The third-order valence-corrected chi connectivity index (χ3v) is 5.09. The fourth-order valence-corrected chi connectivity index (χ4v) is 3.89. The van der Waals surface area contributed by atoms with E-state index < -0.39 is 9.84 Å². The van der Waals surface area contributed by atoms with Crippen molar-refractivity contribution in [3.05, 3.63) is 18.3 Å². The van der Waals surface area contributed by atoms with Crippen LogP contribution < -0.4 is 0 Å². The van der Waals surface area contributed by atoms with Gasteiger partial charge in [0.25, 0.3) is 0 Å². The Morgan fingerprint density at radius 2 is 2.11 bits per heavy atom.